The van der Waals surface area contributed by atoms with Gasteiger partial charge in [0, 0.05) is 0 Å². The maximum atomic E-state index is 5.77. The van der Waals surface area contributed by atoms with Crippen LogP contribution in [-0.2, 0) is 0 Å². The SMILES string of the molecule is [B]c1[nH]c(-c2cc3nc(N)[nH]c3cn2)cc1C. The van der Waals surface area contributed by atoms with E-state index < -0.39 is 0 Å². The van der Waals surface area contributed by atoms with E-state index >= 15 is 0 Å². The maximum absolute atomic E-state index is 5.77. The molecule has 2 radical (unpaired) electrons. The summed E-state index contributed by atoms with van der Waals surface area (Å²) in [4.78, 5) is 14.5. The van der Waals surface area contributed by atoms with Gasteiger partial charge in [-0.1, -0.05) is 0 Å². The average Bonchev–Trinajstić information content (AvgIpc) is 2.80. The van der Waals surface area contributed by atoms with Crippen molar-refractivity contribution in [1.82, 2.24) is 19.9 Å². The highest BCUT2D eigenvalue weighted by molar-refractivity contribution is 6.32. The first-order chi connectivity index (χ1) is 8.13. The summed E-state index contributed by atoms with van der Waals surface area (Å²) in [5, 5.41) is 0. The standard InChI is InChI=1S/C11H10BN5/c1-5-2-7(15-10(5)12)6-3-8-9(4-14-6)17-11(13)16-8/h2-4,15H,1H3,(H3,13,16,17). The van der Waals surface area contributed by atoms with Crippen LogP contribution < -0.4 is 11.3 Å². The van der Waals surface area contributed by atoms with Gasteiger partial charge in [0.25, 0.3) is 0 Å². The predicted molar refractivity (Wildman–Crippen MR) is 68.2 cm³/mol. The zero-order valence-corrected chi connectivity index (χ0v) is 9.28. The number of aryl methyl sites for hydroxylation is 1. The van der Waals surface area contributed by atoms with Crippen LogP contribution in [0.2, 0.25) is 0 Å². The van der Waals surface area contributed by atoms with Crippen LogP contribution in [0.5, 0.6) is 0 Å². The van der Waals surface area contributed by atoms with Crippen LogP contribution in [-0.4, -0.2) is 27.8 Å². The lowest BCUT2D eigenvalue weighted by Gasteiger charge is -1.96. The largest absolute Gasteiger partial charge is 0.369 e. The van der Waals surface area contributed by atoms with Crippen molar-refractivity contribution in [3.63, 3.8) is 0 Å². The zero-order chi connectivity index (χ0) is 12.0. The number of nitrogens with two attached hydrogens (primary N) is 1. The predicted octanol–water partition coefficient (Wildman–Crippen LogP) is 0.637. The highest BCUT2D eigenvalue weighted by atomic mass is 15.0. The smallest absolute Gasteiger partial charge is 0.198 e. The van der Waals surface area contributed by atoms with Crippen molar-refractivity contribution in [1.29, 1.82) is 0 Å². The summed E-state index contributed by atoms with van der Waals surface area (Å²) in [5.41, 5.74) is 10.5. The lowest BCUT2D eigenvalue weighted by atomic mass is 10.0. The highest BCUT2D eigenvalue weighted by Gasteiger charge is 2.07. The van der Waals surface area contributed by atoms with E-state index in [0.29, 0.717) is 11.5 Å². The first-order valence-corrected chi connectivity index (χ1v) is 5.20. The van der Waals surface area contributed by atoms with Crippen LogP contribution in [0.4, 0.5) is 5.95 Å². The Kier molecular flexibility index (Phi) is 1.98. The molecule has 5 nitrogen and oxygen atoms in total. The summed E-state index contributed by atoms with van der Waals surface area (Å²) in [5.74, 6) is 0.390. The van der Waals surface area contributed by atoms with Crippen LogP contribution in [0.25, 0.3) is 22.4 Å². The molecule has 0 spiro atoms. The average molecular weight is 223 g/mol. The Labute approximate surface area is 98.9 Å². The summed E-state index contributed by atoms with van der Waals surface area (Å²) in [6.07, 6.45) is 1.71. The molecule has 6 heteroatoms. The van der Waals surface area contributed by atoms with E-state index in [9.17, 15) is 0 Å². The number of anilines is 1. The van der Waals surface area contributed by atoms with Crippen LogP contribution in [0.15, 0.2) is 18.3 Å². The van der Waals surface area contributed by atoms with E-state index in [1.807, 2.05) is 19.1 Å². The molecule has 17 heavy (non-hydrogen) atoms. The van der Waals surface area contributed by atoms with E-state index in [4.69, 9.17) is 13.6 Å². The molecular weight excluding hydrogens is 213 g/mol. The lowest BCUT2D eigenvalue weighted by Crippen LogP contribution is -2.05. The number of aromatic nitrogens is 4. The molecule has 0 aliphatic rings. The van der Waals surface area contributed by atoms with Gasteiger partial charge in [0.2, 0.25) is 0 Å². The van der Waals surface area contributed by atoms with Gasteiger partial charge < -0.3 is 15.7 Å². The Hall–Kier alpha value is -2.24. The fraction of sp³-hybridized carbons (Fsp3) is 0.0909. The molecule has 3 heterocycles. The molecule has 3 aromatic heterocycles. The van der Waals surface area contributed by atoms with Gasteiger partial charge in [-0.05, 0) is 30.2 Å². The van der Waals surface area contributed by atoms with Gasteiger partial charge >= 0.3 is 0 Å². The first-order valence-electron chi connectivity index (χ1n) is 5.20. The summed E-state index contributed by atoms with van der Waals surface area (Å²) in [7, 11) is 5.77. The van der Waals surface area contributed by atoms with Gasteiger partial charge in [-0.15, -0.1) is 0 Å². The highest BCUT2D eigenvalue weighted by Crippen LogP contribution is 2.20. The third-order valence-electron chi connectivity index (χ3n) is 2.72. The van der Waals surface area contributed by atoms with E-state index in [0.717, 1.165) is 28.0 Å². The maximum Gasteiger partial charge on any atom is 0.198 e. The lowest BCUT2D eigenvalue weighted by molar-refractivity contribution is 1.30. The first kappa shape index (κ1) is 9.95. The number of imidazole rings is 1. The van der Waals surface area contributed by atoms with Crippen LogP contribution >= 0.6 is 0 Å². The van der Waals surface area contributed by atoms with Crippen molar-refractivity contribution in [2.45, 2.75) is 6.92 Å². The van der Waals surface area contributed by atoms with Crippen molar-refractivity contribution in [2.24, 2.45) is 0 Å². The second kappa shape index (κ2) is 3.38. The second-order valence-corrected chi connectivity index (χ2v) is 3.99. The Morgan fingerprint density at radius 1 is 1.29 bits per heavy atom. The number of hydrogen-bond donors (Lipinski definition) is 3. The van der Waals surface area contributed by atoms with Gasteiger partial charge in [0.1, 0.15) is 7.85 Å². The molecule has 3 rings (SSSR count). The minimum absolute atomic E-state index is 0.390. The number of H-pyrrole nitrogens is 2. The quantitative estimate of drug-likeness (QED) is 0.529. The number of nitrogen functional groups attached to an aromatic ring is 1. The fourth-order valence-corrected chi connectivity index (χ4v) is 1.79. The second-order valence-electron chi connectivity index (χ2n) is 3.99. The molecule has 0 atom stereocenters. The van der Waals surface area contributed by atoms with E-state index in [-0.39, 0.29) is 0 Å². The van der Waals surface area contributed by atoms with Gasteiger partial charge in [0.15, 0.2) is 5.95 Å². The molecule has 0 aromatic carbocycles. The summed E-state index contributed by atoms with van der Waals surface area (Å²) >= 11 is 0. The number of fused-ring (bicyclic) bond motifs is 1. The van der Waals surface area contributed by atoms with Crippen molar-refractivity contribution >= 4 is 30.4 Å². The minimum atomic E-state index is 0.390. The third kappa shape index (κ3) is 1.58. The molecule has 0 amide bonds. The van der Waals surface area contributed by atoms with Gasteiger partial charge in [0.05, 0.1) is 28.6 Å². The molecule has 0 saturated heterocycles. The fourth-order valence-electron chi connectivity index (χ4n) is 1.79. The van der Waals surface area contributed by atoms with Gasteiger partial charge in [-0.25, -0.2) is 4.98 Å². The third-order valence-corrected chi connectivity index (χ3v) is 2.72. The van der Waals surface area contributed by atoms with E-state index in [1.54, 1.807) is 6.20 Å². The normalized spacial score (nSPS) is 11.1. The van der Waals surface area contributed by atoms with E-state index in [2.05, 4.69) is 19.9 Å². The van der Waals surface area contributed by atoms with E-state index in [1.165, 1.54) is 0 Å². The van der Waals surface area contributed by atoms with Gasteiger partial charge in [-0.3, -0.25) is 4.98 Å². The van der Waals surface area contributed by atoms with Crippen LogP contribution in [0, 0.1) is 6.92 Å². The monoisotopic (exact) mass is 223 g/mol. The summed E-state index contributed by atoms with van der Waals surface area (Å²) in [6.45, 7) is 1.94. The zero-order valence-electron chi connectivity index (χ0n) is 9.28. The van der Waals surface area contributed by atoms with Crippen LogP contribution in [0.1, 0.15) is 5.56 Å². The van der Waals surface area contributed by atoms with Crippen molar-refractivity contribution in [3.8, 4) is 11.4 Å². The van der Waals surface area contributed by atoms with Crippen molar-refractivity contribution in [2.75, 3.05) is 5.73 Å². The Bertz CT molecular complexity index is 678. The molecule has 3 aromatic rings. The number of pyridine rings is 1. The molecule has 0 fully saturated rings. The number of rotatable bonds is 1. The Morgan fingerprint density at radius 3 is 2.82 bits per heavy atom. The molecule has 82 valence electrons. The molecular formula is C11H10BN5. The topological polar surface area (TPSA) is 83.4 Å². The molecule has 0 aliphatic carbocycles. The van der Waals surface area contributed by atoms with Gasteiger partial charge in [-0.2, -0.15) is 0 Å². The summed E-state index contributed by atoms with van der Waals surface area (Å²) in [6, 6.07) is 3.83. The number of hydrogen-bond acceptors (Lipinski definition) is 3. The molecule has 0 saturated carbocycles. The Balaban J connectivity index is 2.16. The summed E-state index contributed by atoms with van der Waals surface area (Å²) < 4.78 is 0. The van der Waals surface area contributed by atoms with Crippen molar-refractivity contribution in [3.05, 3.63) is 23.9 Å². The molecule has 0 aliphatic heterocycles. The van der Waals surface area contributed by atoms with Crippen molar-refractivity contribution < 1.29 is 0 Å². The number of nitrogens with one attached hydrogen (secondary N) is 2. The minimum Gasteiger partial charge on any atom is -0.369 e. The number of nitrogens with zero attached hydrogens (tertiary/aromatic N) is 2. The van der Waals surface area contributed by atoms with Crippen LogP contribution in [0.3, 0.4) is 0 Å². The number of aromatic amines is 2. The molecule has 0 bridgehead atoms. The Morgan fingerprint density at radius 2 is 2.12 bits per heavy atom. The molecule has 0 unspecified atom stereocenters. The molecule has 4 N–H and O–H groups in total.